The Morgan fingerprint density at radius 1 is 1.08 bits per heavy atom. The predicted octanol–water partition coefficient (Wildman–Crippen LogP) is 3.61. The minimum atomic E-state index is -1.09. The van der Waals surface area contributed by atoms with E-state index in [0.717, 1.165) is 17.7 Å². The van der Waals surface area contributed by atoms with Gasteiger partial charge in [-0.1, -0.05) is 17.7 Å². The molecule has 0 fully saturated rings. The first-order valence-corrected chi connectivity index (χ1v) is 8.00. The molecule has 2 aromatic rings. The lowest BCUT2D eigenvalue weighted by molar-refractivity contribution is -0.153. The Labute approximate surface area is 149 Å². The first kappa shape index (κ1) is 19.4. The van der Waals surface area contributed by atoms with E-state index >= 15 is 0 Å². The maximum atomic E-state index is 13.1. The van der Waals surface area contributed by atoms with Gasteiger partial charge in [-0.3, -0.25) is 9.59 Å². The number of carbonyl (C=O) groups is 2. The standard InChI is InChI=1S/C19H19F2NO4/c1-12-3-6-15(7-4-12)25-10-9-18(23)26-13(2)19(24)22-14-5-8-16(20)17(21)11-14/h3-8,11,13H,9-10H2,1-2H3,(H,22,24)/t13-/m1/s1. The van der Waals surface area contributed by atoms with Crippen LogP contribution in [0.1, 0.15) is 18.9 Å². The van der Waals surface area contributed by atoms with Crippen LogP contribution in [0.25, 0.3) is 0 Å². The third kappa shape index (κ3) is 5.84. The molecule has 0 saturated carbocycles. The Bertz CT molecular complexity index is 778. The van der Waals surface area contributed by atoms with Gasteiger partial charge in [-0.15, -0.1) is 0 Å². The van der Waals surface area contributed by atoms with Gasteiger partial charge in [0.25, 0.3) is 5.91 Å². The van der Waals surface area contributed by atoms with E-state index in [1.165, 1.54) is 13.0 Å². The molecule has 0 aromatic heterocycles. The summed E-state index contributed by atoms with van der Waals surface area (Å²) in [6, 6.07) is 10.3. The molecular formula is C19H19F2NO4. The van der Waals surface area contributed by atoms with Crippen LogP contribution in [0.5, 0.6) is 5.75 Å². The fraction of sp³-hybridized carbons (Fsp3) is 0.263. The monoisotopic (exact) mass is 363 g/mol. The molecule has 5 nitrogen and oxygen atoms in total. The molecule has 2 aromatic carbocycles. The zero-order valence-electron chi connectivity index (χ0n) is 14.4. The smallest absolute Gasteiger partial charge is 0.310 e. The molecule has 7 heteroatoms. The minimum Gasteiger partial charge on any atom is -0.493 e. The molecule has 1 N–H and O–H groups in total. The van der Waals surface area contributed by atoms with Crippen LogP contribution >= 0.6 is 0 Å². The van der Waals surface area contributed by atoms with E-state index in [-0.39, 0.29) is 18.7 Å². The van der Waals surface area contributed by atoms with Crippen LogP contribution < -0.4 is 10.1 Å². The topological polar surface area (TPSA) is 64.6 Å². The van der Waals surface area contributed by atoms with Crippen molar-refractivity contribution in [1.82, 2.24) is 0 Å². The van der Waals surface area contributed by atoms with Gasteiger partial charge in [-0.05, 0) is 38.1 Å². The highest BCUT2D eigenvalue weighted by molar-refractivity contribution is 5.95. The number of hydrogen-bond donors (Lipinski definition) is 1. The van der Waals surface area contributed by atoms with Crippen molar-refractivity contribution < 1.29 is 27.8 Å². The van der Waals surface area contributed by atoms with Gasteiger partial charge in [0.05, 0.1) is 13.0 Å². The number of nitrogens with one attached hydrogen (secondary N) is 1. The molecule has 0 radical (unpaired) electrons. The number of amides is 1. The number of carbonyl (C=O) groups excluding carboxylic acids is 2. The first-order chi connectivity index (χ1) is 12.3. The molecule has 138 valence electrons. The zero-order chi connectivity index (χ0) is 19.1. The quantitative estimate of drug-likeness (QED) is 0.763. The molecule has 0 heterocycles. The van der Waals surface area contributed by atoms with Crippen molar-refractivity contribution in [3.8, 4) is 5.75 Å². The number of rotatable bonds is 7. The number of benzene rings is 2. The molecule has 0 spiro atoms. The van der Waals surface area contributed by atoms with Crippen LogP contribution in [-0.4, -0.2) is 24.6 Å². The van der Waals surface area contributed by atoms with E-state index < -0.39 is 29.6 Å². The Kier molecular flexibility index (Phi) is 6.66. The highest BCUT2D eigenvalue weighted by Crippen LogP contribution is 2.14. The van der Waals surface area contributed by atoms with Gasteiger partial charge in [0, 0.05) is 11.8 Å². The average molecular weight is 363 g/mol. The van der Waals surface area contributed by atoms with Gasteiger partial charge < -0.3 is 14.8 Å². The predicted molar refractivity (Wildman–Crippen MR) is 91.8 cm³/mol. The summed E-state index contributed by atoms with van der Waals surface area (Å²) in [6.07, 6.45) is -1.12. The molecule has 0 aliphatic heterocycles. The molecule has 2 rings (SSSR count). The Balaban J connectivity index is 1.75. The van der Waals surface area contributed by atoms with Gasteiger partial charge in [-0.25, -0.2) is 8.78 Å². The van der Waals surface area contributed by atoms with Crippen molar-refractivity contribution in [2.75, 3.05) is 11.9 Å². The van der Waals surface area contributed by atoms with Gasteiger partial charge in [-0.2, -0.15) is 0 Å². The summed E-state index contributed by atoms with van der Waals surface area (Å²) < 4.78 is 36.4. The number of halogens is 2. The molecule has 0 saturated heterocycles. The molecule has 1 amide bonds. The molecule has 1 atom stereocenters. The van der Waals surface area contributed by atoms with Crippen LogP contribution in [0.4, 0.5) is 14.5 Å². The second kappa shape index (κ2) is 8.94. The van der Waals surface area contributed by atoms with Crippen LogP contribution in [-0.2, 0) is 14.3 Å². The highest BCUT2D eigenvalue weighted by atomic mass is 19.2. The number of ether oxygens (including phenoxy) is 2. The molecule has 0 aliphatic rings. The lowest BCUT2D eigenvalue weighted by atomic mass is 10.2. The zero-order valence-corrected chi connectivity index (χ0v) is 14.4. The van der Waals surface area contributed by atoms with E-state index in [2.05, 4.69) is 5.32 Å². The van der Waals surface area contributed by atoms with Gasteiger partial charge >= 0.3 is 5.97 Å². The maximum absolute atomic E-state index is 13.1. The number of anilines is 1. The SMILES string of the molecule is Cc1ccc(OCCC(=O)O[C@H](C)C(=O)Nc2ccc(F)c(F)c2)cc1. The summed E-state index contributed by atoms with van der Waals surface area (Å²) in [5.41, 5.74) is 1.16. The van der Waals surface area contributed by atoms with Crippen LogP contribution in [0.2, 0.25) is 0 Å². The second-order valence-electron chi connectivity index (χ2n) is 5.66. The van der Waals surface area contributed by atoms with Crippen molar-refractivity contribution in [3.63, 3.8) is 0 Å². The van der Waals surface area contributed by atoms with Crippen LogP contribution in [0, 0.1) is 18.6 Å². The third-order valence-electron chi connectivity index (χ3n) is 3.46. The average Bonchev–Trinajstić information content (AvgIpc) is 2.60. The van der Waals surface area contributed by atoms with Gasteiger partial charge in [0.2, 0.25) is 0 Å². The Morgan fingerprint density at radius 2 is 1.77 bits per heavy atom. The van der Waals surface area contributed by atoms with Crippen molar-refractivity contribution in [1.29, 1.82) is 0 Å². The summed E-state index contributed by atoms with van der Waals surface area (Å²) in [5.74, 6) is -2.72. The van der Waals surface area contributed by atoms with E-state index in [4.69, 9.17) is 9.47 Å². The molecule has 0 bridgehead atoms. The fourth-order valence-electron chi connectivity index (χ4n) is 2.01. The van der Waals surface area contributed by atoms with E-state index in [9.17, 15) is 18.4 Å². The summed E-state index contributed by atoms with van der Waals surface area (Å²) in [7, 11) is 0. The van der Waals surface area contributed by atoms with E-state index in [1.807, 2.05) is 19.1 Å². The lowest BCUT2D eigenvalue weighted by Crippen LogP contribution is -2.30. The molecule has 0 unspecified atom stereocenters. The highest BCUT2D eigenvalue weighted by Gasteiger charge is 2.18. The molecule has 26 heavy (non-hydrogen) atoms. The normalized spacial score (nSPS) is 11.5. The second-order valence-corrected chi connectivity index (χ2v) is 5.66. The van der Waals surface area contributed by atoms with Crippen molar-refractivity contribution >= 4 is 17.6 Å². The number of esters is 1. The molecule has 0 aliphatic carbocycles. The van der Waals surface area contributed by atoms with Gasteiger partial charge in [0.1, 0.15) is 5.75 Å². The van der Waals surface area contributed by atoms with Crippen LogP contribution in [0.3, 0.4) is 0 Å². The summed E-state index contributed by atoms with van der Waals surface area (Å²) in [4.78, 5) is 23.7. The maximum Gasteiger partial charge on any atom is 0.310 e. The minimum absolute atomic E-state index is 0.0311. The van der Waals surface area contributed by atoms with Crippen molar-refractivity contribution in [2.45, 2.75) is 26.4 Å². The summed E-state index contributed by atoms with van der Waals surface area (Å²) >= 11 is 0. The first-order valence-electron chi connectivity index (χ1n) is 8.00. The Morgan fingerprint density at radius 3 is 2.42 bits per heavy atom. The van der Waals surface area contributed by atoms with Crippen LogP contribution in [0.15, 0.2) is 42.5 Å². The number of hydrogen-bond acceptors (Lipinski definition) is 4. The number of aryl methyl sites for hydroxylation is 1. The fourth-order valence-corrected chi connectivity index (χ4v) is 2.01. The lowest BCUT2D eigenvalue weighted by Gasteiger charge is -2.14. The Hall–Kier alpha value is -2.96. The largest absolute Gasteiger partial charge is 0.493 e. The summed E-state index contributed by atoms with van der Waals surface area (Å²) in [6.45, 7) is 3.45. The van der Waals surface area contributed by atoms with Crippen molar-refractivity contribution in [3.05, 3.63) is 59.7 Å². The van der Waals surface area contributed by atoms with Crippen molar-refractivity contribution in [2.24, 2.45) is 0 Å². The molecular weight excluding hydrogens is 344 g/mol. The van der Waals surface area contributed by atoms with Gasteiger partial charge in [0.15, 0.2) is 17.7 Å². The third-order valence-corrected chi connectivity index (χ3v) is 3.46. The summed E-state index contributed by atoms with van der Waals surface area (Å²) in [5, 5.41) is 2.35. The van der Waals surface area contributed by atoms with E-state index in [0.29, 0.717) is 5.75 Å². The van der Waals surface area contributed by atoms with E-state index in [1.54, 1.807) is 12.1 Å².